The Balaban J connectivity index is 1.95. The van der Waals surface area contributed by atoms with Crippen LogP contribution in [0.15, 0.2) is 30.3 Å². The Kier molecular flexibility index (Phi) is 7.72. The fraction of sp³-hybridized carbons (Fsp3) is 0.409. The SMILES string of the molecule is CCOc1cc(N2CCOCC2)c(OCC)cc1NC(=O)c1ccc(NC)c([N+](=O)[O-])c1. The predicted octanol–water partition coefficient (Wildman–Crippen LogP) is 3.52. The third-order valence-corrected chi connectivity index (χ3v) is 4.99. The fourth-order valence-corrected chi connectivity index (χ4v) is 3.47. The number of benzene rings is 2. The Labute approximate surface area is 186 Å². The van der Waals surface area contributed by atoms with Crippen LogP contribution in [0.2, 0.25) is 0 Å². The number of hydrogen-bond acceptors (Lipinski definition) is 8. The molecule has 172 valence electrons. The summed E-state index contributed by atoms with van der Waals surface area (Å²) < 4.78 is 17.1. The van der Waals surface area contributed by atoms with E-state index in [4.69, 9.17) is 14.2 Å². The van der Waals surface area contributed by atoms with Gasteiger partial charge in [-0.15, -0.1) is 0 Å². The molecule has 10 nitrogen and oxygen atoms in total. The first-order valence-corrected chi connectivity index (χ1v) is 10.5. The van der Waals surface area contributed by atoms with Gasteiger partial charge in [0.15, 0.2) is 0 Å². The summed E-state index contributed by atoms with van der Waals surface area (Å²) in [6, 6.07) is 7.85. The van der Waals surface area contributed by atoms with Gasteiger partial charge < -0.3 is 29.7 Å². The minimum atomic E-state index is -0.529. The Morgan fingerprint density at radius 1 is 1.09 bits per heavy atom. The first-order valence-electron chi connectivity index (χ1n) is 10.5. The van der Waals surface area contributed by atoms with Crippen LogP contribution in [-0.4, -0.2) is 57.4 Å². The lowest BCUT2D eigenvalue weighted by Gasteiger charge is -2.31. The molecule has 3 rings (SSSR count). The van der Waals surface area contributed by atoms with Crippen molar-refractivity contribution in [2.75, 3.05) is 62.1 Å². The highest BCUT2D eigenvalue weighted by Gasteiger charge is 2.22. The van der Waals surface area contributed by atoms with Crippen molar-refractivity contribution in [2.45, 2.75) is 13.8 Å². The number of rotatable bonds is 9. The largest absolute Gasteiger partial charge is 0.492 e. The van der Waals surface area contributed by atoms with Crippen LogP contribution in [0.5, 0.6) is 11.5 Å². The molecule has 1 aliphatic rings. The van der Waals surface area contributed by atoms with Crippen LogP contribution in [0, 0.1) is 10.1 Å². The first-order chi connectivity index (χ1) is 15.5. The summed E-state index contributed by atoms with van der Waals surface area (Å²) in [5, 5.41) is 16.9. The number of hydrogen-bond donors (Lipinski definition) is 2. The average Bonchev–Trinajstić information content (AvgIpc) is 2.80. The molecule has 2 aromatic rings. The molecule has 1 saturated heterocycles. The third kappa shape index (κ3) is 5.20. The molecule has 0 spiro atoms. The number of nitrogens with zero attached hydrogens (tertiary/aromatic N) is 2. The Bertz CT molecular complexity index is 975. The van der Waals surface area contributed by atoms with Gasteiger partial charge in [0.2, 0.25) is 0 Å². The first kappa shape index (κ1) is 23.1. The molecule has 0 radical (unpaired) electrons. The minimum Gasteiger partial charge on any atom is -0.492 e. The van der Waals surface area contributed by atoms with Crippen LogP contribution in [0.4, 0.5) is 22.7 Å². The van der Waals surface area contributed by atoms with Gasteiger partial charge in [0.05, 0.1) is 42.7 Å². The topological polar surface area (TPSA) is 115 Å². The number of nitro groups is 1. The molecule has 2 N–H and O–H groups in total. The summed E-state index contributed by atoms with van der Waals surface area (Å²) in [6.45, 7) is 7.29. The normalized spacial score (nSPS) is 13.4. The highest BCUT2D eigenvalue weighted by Crippen LogP contribution is 2.39. The number of morpholine rings is 1. The van der Waals surface area contributed by atoms with E-state index in [-0.39, 0.29) is 11.3 Å². The van der Waals surface area contributed by atoms with E-state index in [2.05, 4.69) is 15.5 Å². The van der Waals surface area contributed by atoms with Crippen molar-refractivity contribution in [1.29, 1.82) is 0 Å². The van der Waals surface area contributed by atoms with Crippen molar-refractivity contribution < 1.29 is 23.9 Å². The van der Waals surface area contributed by atoms with E-state index in [1.54, 1.807) is 13.1 Å². The van der Waals surface area contributed by atoms with Crippen LogP contribution in [0.1, 0.15) is 24.2 Å². The zero-order valence-electron chi connectivity index (χ0n) is 18.5. The summed E-state index contributed by atoms with van der Waals surface area (Å²) >= 11 is 0. The second-order valence-electron chi connectivity index (χ2n) is 6.97. The van der Waals surface area contributed by atoms with Gasteiger partial charge in [0, 0.05) is 43.9 Å². The van der Waals surface area contributed by atoms with Crippen molar-refractivity contribution in [2.24, 2.45) is 0 Å². The summed E-state index contributed by atoms with van der Waals surface area (Å²) in [6.07, 6.45) is 0. The van der Waals surface area contributed by atoms with Crippen molar-refractivity contribution in [3.05, 3.63) is 46.0 Å². The van der Waals surface area contributed by atoms with Crippen molar-refractivity contribution >= 4 is 28.7 Å². The quantitative estimate of drug-likeness (QED) is 0.446. The van der Waals surface area contributed by atoms with E-state index in [1.807, 2.05) is 19.9 Å². The van der Waals surface area contributed by atoms with E-state index in [9.17, 15) is 14.9 Å². The van der Waals surface area contributed by atoms with E-state index in [0.29, 0.717) is 49.3 Å². The lowest BCUT2D eigenvalue weighted by Crippen LogP contribution is -2.36. The molecule has 0 saturated carbocycles. The lowest BCUT2D eigenvalue weighted by molar-refractivity contribution is -0.384. The van der Waals surface area contributed by atoms with Gasteiger partial charge in [0.25, 0.3) is 11.6 Å². The van der Waals surface area contributed by atoms with Gasteiger partial charge in [-0.1, -0.05) is 0 Å². The second-order valence-corrected chi connectivity index (χ2v) is 6.97. The highest BCUT2D eigenvalue weighted by atomic mass is 16.6. The summed E-state index contributed by atoms with van der Waals surface area (Å²) in [5.74, 6) is 0.620. The van der Waals surface area contributed by atoms with Gasteiger partial charge in [0.1, 0.15) is 17.2 Å². The van der Waals surface area contributed by atoms with Crippen LogP contribution < -0.4 is 25.0 Å². The van der Waals surface area contributed by atoms with E-state index < -0.39 is 10.8 Å². The Morgan fingerprint density at radius 2 is 1.78 bits per heavy atom. The summed E-state index contributed by atoms with van der Waals surface area (Å²) in [5.41, 5.74) is 1.61. The van der Waals surface area contributed by atoms with E-state index in [1.165, 1.54) is 18.2 Å². The predicted molar refractivity (Wildman–Crippen MR) is 122 cm³/mol. The maximum Gasteiger partial charge on any atom is 0.293 e. The minimum absolute atomic E-state index is 0.161. The molecule has 1 fully saturated rings. The van der Waals surface area contributed by atoms with Crippen molar-refractivity contribution in [1.82, 2.24) is 0 Å². The molecular formula is C22H28N4O6. The molecule has 1 aliphatic heterocycles. The average molecular weight is 444 g/mol. The summed E-state index contributed by atoms with van der Waals surface area (Å²) in [7, 11) is 1.59. The van der Waals surface area contributed by atoms with Crippen LogP contribution in [-0.2, 0) is 4.74 Å². The molecular weight excluding hydrogens is 416 g/mol. The fourth-order valence-electron chi connectivity index (χ4n) is 3.47. The van der Waals surface area contributed by atoms with Crippen molar-refractivity contribution in [3.8, 4) is 11.5 Å². The molecule has 1 heterocycles. The number of nitro benzene ring substituents is 1. The van der Waals surface area contributed by atoms with Gasteiger partial charge in [-0.2, -0.15) is 0 Å². The third-order valence-electron chi connectivity index (χ3n) is 4.99. The van der Waals surface area contributed by atoms with E-state index in [0.717, 1.165) is 18.8 Å². The highest BCUT2D eigenvalue weighted by molar-refractivity contribution is 6.06. The second kappa shape index (κ2) is 10.7. The zero-order chi connectivity index (χ0) is 23.1. The number of nitrogens with one attached hydrogen (secondary N) is 2. The van der Waals surface area contributed by atoms with Gasteiger partial charge in [-0.25, -0.2) is 0 Å². The number of ether oxygens (including phenoxy) is 3. The number of anilines is 3. The molecule has 32 heavy (non-hydrogen) atoms. The molecule has 2 aromatic carbocycles. The molecule has 0 unspecified atom stereocenters. The molecule has 0 bridgehead atoms. The van der Waals surface area contributed by atoms with Crippen LogP contribution >= 0.6 is 0 Å². The maximum atomic E-state index is 12.9. The zero-order valence-corrected chi connectivity index (χ0v) is 18.5. The standard InChI is InChI=1S/C22H28N4O6/c1-4-31-20-14-19(25-8-10-30-11-9-25)21(32-5-2)13-17(20)24-22(27)15-6-7-16(23-3)18(12-15)26(28)29/h6-7,12-14,23H,4-5,8-11H2,1-3H3,(H,24,27). The monoisotopic (exact) mass is 444 g/mol. The maximum absolute atomic E-state index is 12.9. The number of amides is 1. The number of carbonyl (C=O) groups excluding carboxylic acids is 1. The van der Waals surface area contributed by atoms with Gasteiger partial charge in [-0.05, 0) is 26.0 Å². The Hall–Kier alpha value is -3.53. The van der Waals surface area contributed by atoms with E-state index >= 15 is 0 Å². The van der Waals surface area contributed by atoms with Crippen LogP contribution in [0.25, 0.3) is 0 Å². The van der Waals surface area contributed by atoms with Gasteiger partial charge in [-0.3, -0.25) is 14.9 Å². The van der Waals surface area contributed by atoms with Crippen LogP contribution in [0.3, 0.4) is 0 Å². The summed E-state index contributed by atoms with van der Waals surface area (Å²) in [4.78, 5) is 25.9. The molecule has 1 amide bonds. The molecule has 0 aliphatic carbocycles. The van der Waals surface area contributed by atoms with Crippen molar-refractivity contribution in [3.63, 3.8) is 0 Å². The smallest absolute Gasteiger partial charge is 0.293 e. The molecule has 10 heteroatoms. The number of carbonyl (C=O) groups is 1. The molecule has 0 atom stereocenters. The lowest BCUT2D eigenvalue weighted by atomic mass is 10.1. The van der Waals surface area contributed by atoms with Gasteiger partial charge >= 0.3 is 0 Å². The Morgan fingerprint density at radius 3 is 2.41 bits per heavy atom. The molecule has 0 aromatic heterocycles.